The summed E-state index contributed by atoms with van der Waals surface area (Å²) in [5.41, 5.74) is 1.44. The minimum absolute atomic E-state index is 0.609. The molecule has 1 aliphatic rings. The maximum Gasteiger partial charge on any atom is 0.230 e. The van der Waals surface area contributed by atoms with Crippen molar-refractivity contribution in [2.24, 2.45) is 5.92 Å². The fourth-order valence-electron chi connectivity index (χ4n) is 3.48. The standard InChI is InChI=1S/C17H23N3O/c1-13-18-19-17(21-13)12-20(2)16-10-6-9-15(16)11-14-7-4-3-5-8-14/h3-5,7-8,15-16H,6,9-12H2,1-2H3. The van der Waals surface area contributed by atoms with Crippen LogP contribution in [-0.2, 0) is 13.0 Å². The lowest BCUT2D eigenvalue weighted by atomic mass is 9.94. The molecule has 3 rings (SSSR count). The molecule has 2 aromatic rings. The molecule has 1 saturated carbocycles. The molecule has 0 bridgehead atoms. The SMILES string of the molecule is Cc1nnc(CN(C)C2CCCC2Cc2ccccc2)o1. The van der Waals surface area contributed by atoms with Crippen LogP contribution in [0.1, 0.15) is 36.6 Å². The van der Waals surface area contributed by atoms with Crippen LogP contribution in [-0.4, -0.2) is 28.2 Å². The van der Waals surface area contributed by atoms with Crippen molar-refractivity contribution in [1.82, 2.24) is 15.1 Å². The van der Waals surface area contributed by atoms with E-state index in [1.165, 1.54) is 31.2 Å². The Morgan fingerprint density at radius 3 is 2.71 bits per heavy atom. The Bertz CT molecular complexity index is 566. The van der Waals surface area contributed by atoms with Gasteiger partial charge in [0.25, 0.3) is 0 Å². The van der Waals surface area contributed by atoms with Crippen LogP contribution in [0.25, 0.3) is 0 Å². The summed E-state index contributed by atoms with van der Waals surface area (Å²) in [6, 6.07) is 11.4. The van der Waals surface area contributed by atoms with Gasteiger partial charge in [0.2, 0.25) is 11.8 Å². The van der Waals surface area contributed by atoms with Gasteiger partial charge in [0.15, 0.2) is 0 Å². The summed E-state index contributed by atoms with van der Waals surface area (Å²) in [6.45, 7) is 2.58. The van der Waals surface area contributed by atoms with E-state index < -0.39 is 0 Å². The molecule has 0 saturated heterocycles. The number of aromatic nitrogens is 2. The van der Waals surface area contributed by atoms with Gasteiger partial charge in [-0.3, -0.25) is 4.90 Å². The number of hydrogen-bond acceptors (Lipinski definition) is 4. The highest BCUT2D eigenvalue weighted by Crippen LogP contribution is 2.32. The fourth-order valence-corrected chi connectivity index (χ4v) is 3.48. The summed E-state index contributed by atoms with van der Waals surface area (Å²) in [7, 11) is 2.17. The molecule has 2 unspecified atom stereocenters. The number of benzene rings is 1. The first-order chi connectivity index (χ1) is 10.2. The predicted octanol–water partition coefficient (Wildman–Crippen LogP) is 3.22. The molecule has 1 aromatic carbocycles. The van der Waals surface area contributed by atoms with Gasteiger partial charge in [0.1, 0.15) is 0 Å². The maximum absolute atomic E-state index is 5.50. The van der Waals surface area contributed by atoms with E-state index in [9.17, 15) is 0 Å². The molecule has 0 radical (unpaired) electrons. The second-order valence-electron chi connectivity index (χ2n) is 6.08. The van der Waals surface area contributed by atoms with Gasteiger partial charge < -0.3 is 4.42 Å². The molecule has 0 spiro atoms. The number of nitrogens with zero attached hydrogens (tertiary/aromatic N) is 3. The molecule has 112 valence electrons. The number of hydrogen-bond donors (Lipinski definition) is 0. The van der Waals surface area contributed by atoms with Gasteiger partial charge in [-0.15, -0.1) is 10.2 Å². The minimum atomic E-state index is 0.609. The Balaban J connectivity index is 1.63. The van der Waals surface area contributed by atoms with E-state index in [1.807, 2.05) is 6.92 Å². The van der Waals surface area contributed by atoms with Crippen molar-refractivity contribution in [2.75, 3.05) is 7.05 Å². The number of rotatable bonds is 5. The second-order valence-corrected chi connectivity index (χ2v) is 6.08. The smallest absolute Gasteiger partial charge is 0.230 e. The van der Waals surface area contributed by atoms with E-state index in [4.69, 9.17) is 4.42 Å². The zero-order chi connectivity index (χ0) is 14.7. The maximum atomic E-state index is 5.50. The average molecular weight is 285 g/mol. The first kappa shape index (κ1) is 14.3. The Morgan fingerprint density at radius 2 is 2.00 bits per heavy atom. The molecule has 2 atom stereocenters. The van der Waals surface area contributed by atoms with Crippen LogP contribution in [0, 0.1) is 12.8 Å². The Hall–Kier alpha value is -1.68. The van der Waals surface area contributed by atoms with Crippen molar-refractivity contribution < 1.29 is 4.42 Å². The largest absolute Gasteiger partial charge is 0.424 e. The quantitative estimate of drug-likeness (QED) is 0.846. The van der Waals surface area contributed by atoms with Gasteiger partial charge in [-0.05, 0) is 37.8 Å². The zero-order valence-electron chi connectivity index (χ0n) is 12.8. The van der Waals surface area contributed by atoms with E-state index in [1.54, 1.807) is 0 Å². The Kier molecular flexibility index (Phi) is 4.34. The molecule has 1 fully saturated rings. The lowest BCUT2D eigenvalue weighted by Gasteiger charge is -2.28. The van der Waals surface area contributed by atoms with Crippen molar-refractivity contribution in [3.8, 4) is 0 Å². The molecule has 4 heteroatoms. The third-order valence-corrected chi connectivity index (χ3v) is 4.48. The monoisotopic (exact) mass is 285 g/mol. The fraction of sp³-hybridized carbons (Fsp3) is 0.529. The molecular formula is C17H23N3O. The molecule has 1 heterocycles. The van der Waals surface area contributed by atoms with E-state index in [0.29, 0.717) is 11.9 Å². The topological polar surface area (TPSA) is 42.2 Å². The average Bonchev–Trinajstić information content (AvgIpc) is 3.09. The lowest BCUT2D eigenvalue weighted by molar-refractivity contribution is 0.173. The Labute approximate surface area is 126 Å². The molecule has 0 aliphatic heterocycles. The third kappa shape index (κ3) is 3.50. The van der Waals surface area contributed by atoms with Crippen LogP contribution in [0.3, 0.4) is 0 Å². The predicted molar refractivity (Wildman–Crippen MR) is 81.8 cm³/mol. The van der Waals surface area contributed by atoms with E-state index in [0.717, 1.165) is 18.4 Å². The van der Waals surface area contributed by atoms with Crippen LogP contribution in [0.2, 0.25) is 0 Å². The van der Waals surface area contributed by atoms with E-state index in [-0.39, 0.29) is 0 Å². The van der Waals surface area contributed by atoms with Gasteiger partial charge >= 0.3 is 0 Å². The van der Waals surface area contributed by atoms with Crippen LogP contribution in [0.4, 0.5) is 0 Å². The van der Waals surface area contributed by atoms with Crippen molar-refractivity contribution in [3.63, 3.8) is 0 Å². The normalized spacial score (nSPS) is 22.0. The van der Waals surface area contributed by atoms with Gasteiger partial charge in [-0.1, -0.05) is 36.8 Å². The second kappa shape index (κ2) is 6.39. The highest BCUT2D eigenvalue weighted by atomic mass is 16.4. The summed E-state index contributed by atoms with van der Waals surface area (Å²) in [6.07, 6.45) is 5.06. The van der Waals surface area contributed by atoms with Crippen molar-refractivity contribution in [1.29, 1.82) is 0 Å². The molecule has 21 heavy (non-hydrogen) atoms. The van der Waals surface area contributed by atoms with Crippen LogP contribution >= 0.6 is 0 Å². The minimum Gasteiger partial charge on any atom is -0.424 e. The highest BCUT2D eigenvalue weighted by Gasteiger charge is 2.30. The van der Waals surface area contributed by atoms with E-state index in [2.05, 4.69) is 52.5 Å². The molecule has 4 nitrogen and oxygen atoms in total. The first-order valence-corrected chi connectivity index (χ1v) is 7.75. The van der Waals surface area contributed by atoms with Gasteiger partial charge in [-0.25, -0.2) is 0 Å². The molecule has 0 N–H and O–H groups in total. The third-order valence-electron chi connectivity index (χ3n) is 4.48. The van der Waals surface area contributed by atoms with Gasteiger partial charge in [0.05, 0.1) is 6.54 Å². The summed E-state index contributed by atoms with van der Waals surface area (Å²) in [4.78, 5) is 2.38. The highest BCUT2D eigenvalue weighted by molar-refractivity contribution is 5.16. The molecular weight excluding hydrogens is 262 g/mol. The number of aryl methyl sites for hydroxylation is 1. The van der Waals surface area contributed by atoms with Crippen molar-refractivity contribution in [2.45, 2.75) is 45.2 Å². The van der Waals surface area contributed by atoms with Crippen LogP contribution < -0.4 is 0 Å². The summed E-state index contributed by atoms with van der Waals surface area (Å²) in [5.74, 6) is 2.09. The molecule has 1 aliphatic carbocycles. The van der Waals surface area contributed by atoms with E-state index >= 15 is 0 Å². The molecule has 1 aromatic heterocycles. The van der Waals surface area contributed by atoms with Crippen LogP contribution in [0.5, 0.6) is 0 Å². The van der Waals surface area contributed by atoms with Crippen LogP contribution in [0.15, 0.2) is 34.7 Å². The lowest BCUT2D eigenvalue weighted by Crippen LogP contribution is -2.35. The van der Waals surface area contributed by atoms with Gasteiger partial charge in [0, 0.05) is 13.0 Å². The first-order valence-electron chi connectivity index (χ1n) is 7.75. The summed E-state index contributed by atoms with van der Waals surface area (Å²) >= 11 is 0. The summed E-state index contributed by atoms with van der Waals surface area (Å²) < 4.78 is 5.50. The van der Waals surface area contributed by atoms with Gasteiger partial charge in [-0.2, -0.15) is 0 Å². The summed E-state index contributed by atoms with van der Waals surface area (Å²) in [5, 5.41) is 8.02. The Morgan fingerprint density at radius 1 is 1.19 bits per heavy atom. The molecule has 0 amide bonds. The van der Waals surface area contributed by atoms with Crippen molar-refractivity contribution >= 4 is 0 Å². The van der Waals surface area contributed by atoms with Crippen molar-refractivity contribution in [3.05, 3.63) is 47.7 Å². The zero-order valence-corrected chi connectivity index (χ0v) is 12.8.